The Morgan fingerprint density at radius 2 is 1.84 bits per heavy atom. The van der Waals surface area contributed by atoms with Crippen LogP contribution in [0, 0.1) is 12.7 Å². The van der Waals surface area contributed by atoms with Crippen LogP contribution in [0.4, 0.5) is 9.18 Å². The van der Waals surface area contributed by atoms with Crippen LogP contribution >= 0.6 is 0 Å². The van der Waals surface area contributed by atoms with Gasteiger partial charge in [-0.15, -0.1) is 0 Å². The highest BCUT2D eigenvalue weighted by Gasteiger charge is 2.51. The zero-order valence-corrected chi connectivity index (χ0v) is 18.4. The van der Waals surface area contributed by atoms with E-state index in [0.29, 0.717) is 25.1 Å². The van der Waals surface area contributed by atoms with Gasteiger partial charge in [-0.3, -0.25) is 9.69 Å². The molecule has 0 saturated carbocycles. The third-order valence-corrected chi connectivity index (χ3v) is 5.63. The van der Waals surface area contributed by atoms with E-state index >= 15 is 0 Å². The van der Waals surface area contributed by atoms with Gasteiger partial charge in [0, 0.05) is 6.54 Å². The summed E-state index contributed by atoms with van der Waals surface area (Å²) in [6, 6.07) is 13.1. The molecule has 0 radical (unpaired) electrons. The number of benzene rings is 2. The molecule has 1 aliphatic rings. The Morgan fingerprint density at radius 3 is 2.52 bits per heavy atom. The van der Waals surface area contributed by atoms with Gasteiger partial charge in [-0.05, 0) is 49.7 Å². The molecule has 0 spiro atoms. The summed E-state index contributed by atoms with van der Waals surface area (Å²) < 4.78 is 19.3. The van der Waals surface area contributed by atoms with Crippen molar-refractivity contribution >= 4 is 11.9 Å². The van der Waals surface area contributed by atoms with Gasteiger partial charge >= 0.3 is 6.03 Å². The number of nitrogens with zero attached hydrogens (tertiary/aromatic N) is 2. The second-order valence-corrected chi connectivity index (χ2v) is 8.01. The maximum Gasteiger partial charge on any atom is 0.326 e. The number of para-hydroxylation sites is 1. The number of amides is 3. The Hall–Kier alpha value is -2.93. The number of urea groups is 1. The van der Waals surface area contributed by atoms with Gasteiger partial charge in [0.2, 0.25) is 0 Å². The van der Waals surface area contributed by atoms with Crippen LogP contribution in [0.2, 0.25) is 0 Å². The number of halogens is 1. The van der Waals surface area contributed by atoms with Crippen LogP contribution in [0.15, 0.2) is 48.5 Å². The normalized spacial score (nSPS) is 18.5. The molecule has 0 aromatic heterocycles. The molecule has 0 unspecified atom stereocenters. The van der Waals surface area contributed by atoms with Gasteiger partial charge in [0.05, 0.1) is 6.67 Å². The lowest BCUT2D eigenvalue weighted by Gasteiger charge is -2.28. The predicted octanol–water partition coefficient (Wildman–Crippen LogP) is 4.04. The molecular formula is C24H30FN3O3. The lowest BCUT2D eigenvalue weighted by molar-refractivity contribution is -0.133. The first kappa shape index (κ1) is 22.7. The summed E-state index contributed by atoms with van der Waals surface area (Å²) in [7, 11) is 1.84. The monoisotopic (exact) mass is 427 g/mol. The first-order valence-corrected chi connectivity index (χ1v) is 10.6. The fourth-order valence-electron chi connectivity index (χ4n) is 3.78. The molecule has 6 nitrogen and oxygen atoms in total. The van der Waals surface area contributed by atoms with Crippen molar-refractivity contribution in [1.29, 1.82) is 0 Å². The average Bonchev–Trinajstić information content (AvgIpc) is 2.99. The van der Waals surface area contributed by atoms with Crippen LogP contribution in [-0.2, 0) is 10.3 Å². The van der Waals surface area contributed by atoms with Crippen molar-refractivity contribution in [3.05, 3.63) is 65.5 Å². The molecular weight excluding hydrogens is 397 g/mol. The lowest BCUT2D eigenvalue weighted by atomic mass is 9.85. The number of hydrogen-bond acceptors (Lipinski definition) is 4. The van der Waals surface area contributed by atoms with Crippen LogP contribution in [0.1, 0.15) is 37.3 Å². The number of aryl methyl sites for hydroxylation is 1. The smallest absolute Gasteiger partial charge is 0.326 e. The van der Waals surface area contributed by atoms with Gasteiger partial charge in [0.25, 0.3) is 5.91 Å². The van der Waals surface area contributed by atoms with Crippen molar-refractivity contribution < 1.29 is 18.7 Å². The number of carbonyl (C=O) groups is 2. The summed E-state index contributed by atoms with van der Waals surface area (Å²) >= 11 is 0. The molecule has 1 fully saturated rings. The van der Waals surface area contributed by atoms with E-state index in [4.69, 9.17) is 4.74 Å². The van der Waals surface area contributed by atoms with Gasteiger partial charge in [-0.2, -0.15) is 0 Å². The molecule has 7 heteroatoms. The van der Waals surface area contributed by atoms with Crippen LogP contribution in [-0.4, -0.2) is 48.6 Å². The van der Waals surface area contributed by atoms with Crippen LogP contribution in [0.25, 0.3) is 0 Å². The molecule has 0 bridgehead atoms. The molecule has 3 amide bonds. The number of likely N-dealkylation sites (N-methyl/N-ethyl adjacent to an activating group) is 1. The van der Waals surface area contributed by atoms with Gasteiger partial charge in [0.1, 0.15) is 23.7 Å². The number of carbonyl (C=O) groups excluding carboxylic acids is 2. The standard InChI is InChI=1S/C24H30FN3O3/c1-4-5-14-24(19-10-12-20(25)13-11-19)22(29)28(23(30)26-24)17-27(3)15-16-31-21-9-7-6-8-18(21)2/h6-13H,4-5,14-17H2,1-3H3,(H,26,30)/t24-/m0/s1. The molecule has 1 heterocycles. The largest absolute Gasteiger partial charge is 0.492 e. The molecule has 2 aromatic rings. The summed E-state index contributed by atoms with van der Waals surface area (Å²) in [6.45, 7) is 5.14. The van der Waals surface area contributed by atoms with E-state index in [1.54, 1.807) is 12.1 Å². The first-order valence-electron chi connectivity index (χ1n) is 10.6. The summed E-state index contributed by atoms with van der Waals surface area (Å²) in [5.74, 6) is 0.140. The summed E-state index contributed by atoms with van der Waals surface area (Å²) in [4.78, 5) is 29.2. The Balaban J connectivity index is 1.67. The van der Waals surface area contributed by atoms with Crippen molar-refractivity contribution in [2.45, 2.75) is 38.6 Å². The molecule has 1 aliphatic heterocycles. The van der Waals surface area contributed by atoms with Crippen molar-refractivity contribution in [1.82, 2.24) is 15.1 Å². The third-order valence-electron chi connectivity index (χ3n) is 5.63. The highest BCUT2D eigenvalue weighted by atomic mass is 19.1. The lowest BCUT2D eigenvalue weighted by Crippen LogP contribution is -2.45. The highest BCUT2D eigenvalue weighted by Crippen LogP contribution is 2.34. The highest BCUT2D eigenvalue weighted by molar-refractivity contribution is 6.07. The van der Waals surface area contributed by atoms with E-state index < -0.39 is 11.6 Å². The Labute approximate surface area is 183 Å². The van der Waals surface area contributed by atoms with Crippen molar-refractivity contribution in [3.63, 3.8) is 0 Å². The number of ether oxygens (including phenoxy) is 1. The van der Waals surface area contributed by atoms with E-state index in [1.807, 2.05) is 50.1 Å². The van der Waals surface area contributed by atoms with E-state index in [-0.39, 0.29) is 18.4 Å². The molecule has 2 aromatic carbocycles. The van der Waals surface area contributed by atoms with E-state index in [0.717, 1.165) is 24.2 Å². The minimum absolute atomic E-state index is 0.150. The minimum atomic E-state index is -1.15. The van der Waals surface area contributed by atoms with Crippen LogP contribution in [0.5, 0.6) is 5.75 Å². The SMILES string of the molecule is CCCC[C@@]1(c2ccc(F)cc2)NC(=O)N(CN(C)CCOc2ccccc2C)C1=O. The number of rotatable bonds is 10. The van der Waals surface area contributed by atoms with Crippen molar-refractivity contribution in [2.75, 3.05) is 26.9 Å². The topological polar surface area (TPSA) is 61.9 Å². The fourth-order valence-corrected chi connectivity index (χ4v) is 3.78. The number of nitrogens with one attached hydrogen (secondary N) is 1. The van der Waals surface area contributed by atoms with Gasteiger partial charge in [0.15, 0.2) is 0 Å². The second kappa shape index (κ2) is 9.92. The zero-order chi connectivity index (χ0) is 22.4. The number of imide groups is 1. The molecule has 31 heavy (non-hydrogen) atoms. The molecule has 1 N–H and O–H groups in total. The molecule has 166 valence electrons. The fraction of sp³-hybridized carbons (Fsp3) is 0.417. The van der Waals surface area contributed by atoms with Gasteiger partial charge < -0.3 is 10.1 Å². The Morgan fingerprint density at radius 1 is 1.13 bits per heavy atom. The molecule has 1 atom stereocenters. The predicted molar refractivity (Wildman–Crippen MR) is 117 cm³/mol. The van der Waals surface area contributed by atoms with Crippen molar-refractivity contribution in [3.8, 4) is 5.75 Å². The van der Waals surface area contributed by atoms with Crippen LogP contribution in [0.3, 0.4) is 0 Å². The summed E-state index contributed by atoms with van der Waals surface area (Å²) in [6.07, 6.45) is 2.11. The average molecular weight is 428 g/mol. The number of unbranched alkanes of at least 4 members (excludes halogenated alkanes) is 1. The van der Waals surface area contributed by atoms with E-state index in [9.17, 15) is 14.0 Å². The summed E-state index contributed by atoms with van der Waals surface area (Å²) in [5, 5.41) is 2.89. The van der Waals surface area contributed by atoms with E-state index in [2.05, 4.69) is 5.32 Å². The maximum atomic E-state index is 13.4. The quantitative estimate of drug-likeness (QED) is 0.582. The van der Waals surface area contributed by atoms with Gasteiger partial charge in [-0.1, -0.05) is 50.1 Å². The maximum absolute atomic E-state index is 13.4. The van der Waals surface area contributed by atoms with Crippen molar-refractivity contribution in [2.24, 2.45) is 0 Å². The van der Waals surface area contributed by atoms with Crippen LogP contribution < -0.4 is 10.1 Å². The van der Waals surface area contributed by atoms with Gasteiger partial charge in [-0.25, -0.2) is 14.1 Å². The Kier molecular flexibility index (Phi) is 7.28. The summed E-state index contributed by atoms with van der Waals surface area (Å²) in [5.41, 5.74) is 0.507. The zero-order valence-electron chi connectivity index (χ0n) is 18.4. The number of hydrogen-bond donors (Lipinski definition) is 1. The third kappa shape index (κ3) is 5.05. The Bertz CT molecular complexity index is 919. The second-order valence-electron chi connectivity index (χ2n) is 8.01. The molecule has 0 aliphatic carbocycles. The minimum Gasteiger partial charge on any atom is -0.492 e. The first-order chi connectivity index (χ1) is 14.9. The molecule has 3 rings (SSSR count). The van der Waals surface area contributed by atoms with E-state index in [1.165, 1.54) is 17.0 Å². The molecule has 1 saturated heterocycles.